The molecule has 2 aromatic heterocycles. The maximum Gasteiger partial charge on any atom is 0.407 e. The Bertz CT molecular complexity index is 1610. The smallest absolute Gasteiger partial charge is 0.407 e. The van der Waals surface area contributed by atoms with Crippen LogP contribution in [0, 0.1) is 22.7 Å². The number of primary amides is 1. The van der Waals surface area contributed by atoms with Crippen molar-refractivity contribution in [3.8, 4) is 12.1 Å². The van der Waals surface area contributed by atoms with Crippen LogP contribution in [0.1, 0.15) is 61.8 Å². The lowest BCUT2D eigenvalue weighted by atomic mass is 9.78. The van der Waals surface area contributed by atoms with Gasteiger partial charge in [0.2, 0.25) is 11.9 Å². The summed E-state index contributed by atoms with van der Waals surface area (Å²) >= 11 is 6.96. The number of nitrogens with zero attached hydrogens (tertiary/aromatic N) is 6. The number of halogens is 1. The Morgan fingerprint density at radius 2 is 1.98 bits per heavy atom. The van der Waals surface area contributed by atoms with Gasteiger partial charge < -0.3 is 31.7 Å². The second kappa shape index (κ2) is 12.1. The van der Waals surface area contributed by atoms with Crippen molar-refractivity contribution in [2.24, 2.45) is 5.73 Å². The van der Waals surface area contributed by atoms with Gasteiger partial charge in [0.25, 0.3) is 0 Å². The first-order chi connectivity index (χ1) is 20.2. The molecule has 4 atom stereocenters. The van der Waals surface area contributed by atoms with Crippen molar-refractivity contribution in [2.75, 3.05) is 17.7 Å². The number of nitrogens with one attached hydrogen (secondary N) is 4. The number of fused-ring (bicyclic) bond motifs is 1. The molecule has 5 rings (SSSR count). The van der Waals surface area contributed by atoms with Crippen molar-refractivity contribution < 1.29 is 14.3 Å². The average Bonchev–Trinajstić information content (AvgIpc) is 3.70. The van der Waals surface area contributed by atoms with E-state index in [9.17, 15) is 20.1 Å². The number of hydrogen-bond donors (Lipinski definition) is 5. The molecule has 2 heterocycles. The monoisotopic (exact) mass is 591 g/mol. The number of hydrogen-bond acceptors (Lipinski definition) is 11. The zero-order chi connectivity index (χ0) is 30.0. The van der Waals surface area contributed by atoms with E-state index in [2.05, 4.69) is 48.5 Å². The van der Waals surface area contributed by atoms with E-state index < -0.39 is 18.0 Å². The molecule has 2 aliphatic carbocycles. The molecule has 2 fully saturated rings. The van der Waals surface area contributed by atoms with Crippen molar-refractivity contribution >= 4 is 46.7 Å². The molecule has 0 aliphatic heterocycles. The fourth-order valence-corrected chi connectivity index (χ4v) is 5.48. The maximum atomic E-state index is 12.0. The zero-order valence-corrected chi connectivity index (χ0v) is 23.8. The summed E-state index contributed by atoms with van der Waals surface area (Å²) in [7, 11) is 1.29. The van der Waals surface area contributed by atoms with Crippen LogP contribution in [0.4, 0.5) is 22.2 Å². The van der Waals surface area contributed by atoms with E-state index in [1.54, 1.807) is 19.1 Å². The van der Waals surface area contributed by atoms with Crippen molar-refractivity contribution in [2.45, 2.75) is 69.1 Å². The van der Waals surface area contributed by atoms with E-state index in [0.717, 1.165) is 18.4 Å². The number of anilines is 3. The molecule has 3 aromatic rings. The minimum absolute atomic E-state index is 0.117. The van der Waals surface area contributed by atoms with Gasteiger partial charge in [-0.3, -0.25) is 4.79 Å². The number of carbonyl (C=O) groups excluding carboxylic acids is 2. The first kappa shape index (κ1) is 28.9. The highest BCUT2D eigenvalue weighted by molar-refractivity contribution is 6.34. The first-order valence-corrected chi connectivity index (χ1v) is 13.9. The fraction of sp³-hybridized carbons (Fsp3) is 0.444. The molecule has 218 valence electrons. The molecule has 0 radical (unpaired) electrons. The number of amides is 2. The van der Waals surface area contributed by atoms with Gasteiger partial charge in [0, 0.05) is 18.1 Å². The van der Waals surface area contributed by atoms with Crippen molar-refractivity contribution in [3.63, 3.8) is 0 Å². The highest BCUT2D eigenvalue weighted by Crippen LogP contribution is 2.41. The van der Waals surface area contributed by atoms with Gasteiger partial charge in [-0.25, -0.2) is 9.78 Å². The fourth-order valence-electron chi connectivity index (χ4n) is 5.17. The highest BCUT2D eigenvalue weighted by atomic mass is 35.5. The third-order valence-electron chi connectivity index (χ3n) is 7.54. The lowest BCUT2D eigenvalue weighted by Crippen LogP contribution is -2.56. The molecule has 0 spiro atoms. The van der Waals surface area contributed by atoms with E-state index in [1.165, 1.54) is 17.8 Å². The maximum absolute atomic E-state index is 12.0. The second-order valence-corrected chi connectivity index (χ2v) is 10.9. The van der Waals surface area contributed by atoms with Crippen LogP contribution in [0.25, 0.3) is 5.65 Å². The summed E-state index contributed by atoms with van der Waals surface area (Å²) in [6.07, 6.45) is 4.58. The number of ether oxygens (including phenoxy) is 1. The lowest BCUT2D eigenvalue weighted by Gasteiger charge is -2.38. The van der Waals surface area contributed by atoms with Gasteiger partial charge in [-0.15, -0.1) is 5.10 Å². The van der Waals surface area contributed by atoms with E-state index >= 15 is 0 Å². The predicted octanol–water partition coefficient (Wildman–Crippen LogP) is 2.66. The Morgan fingerprint density at radius 3 is 2.64 bits per heavy atom. The van der Waals surface area contributed by atoms with Crippen molar-refractivity contribution in [3.05, 3.63) is 40.2 Å². The quantitative estimate of drug-likeness (QED) is 0.244. The molecule has 2 amide bonds. The minimum atomic E-state index is -0.638. The summed E-state index contributed by atoms with van der Waals surface area (Å²) in [5.74, 6) is 0.0194. The van der Waals surface area contributed by atoms with Crippen LogP contribution in [0.2, 0.25) is 5.02 Å². The van der Waals surface area contributed by atoms with Gasteiger partial charge in [0.05, 0.1) is 41.7 Å². The molecule has 2 unspecified atom stereocenters. The zero-order valence-electron chi connectivity index (χ0n) is 23.0. The second-order valence-electron chi connectivity index (χ2n) is 10.5. The molecule has 2 saturated carbocycles. The third-order valence-corrected chi connectivity index (χ3v) is 7.96. The van der Waals surface area contributed by atoms with Gasteiger partial charge in [-0.2, -0.15) is 20.0 Å². The number of carbonyl (C=O) groups is 2. The van der Waals surface area contributed by atoms with E-state index in [4.69, 9.17) is 22.1 Å². The molecule has 14 nitrogen and oxygen atoms in total. The number of rotatable bonds is 9. The highest BCUT2D eigenvalue weighted by Gasteiger charge is 2.35. The third kappa shape index (κ3) is 6.15. The Morgan fingerprint density at radius 1 is 1.19 bits per heavy atom. The Kier molecular flexibility index (Phi) is 8.29. The Labute approximate surface area is 246 Å². The molecule has 6 N–H and O–H groups in total. The van der Waals surface area contributed by atoms with Crippen LogP contribution in [-0.2, 0) is 9.53 Å². The van der Waals surface area contributed by atoms with E-state index in [1.807, 2.05) is 0 Å². The summed E-state index contributed by atoms with van der Waals surface area (Å²) in [4.78, 5) is 32.7. The summed E-state index contributed by atoms with van der Waals surface area (Å²) in [5, 5.41) is 36.7. The molecular formula is C27H30ClN11O3. The Hall–Kier alpha value is -4.66. The van der Waals surface area contributed by atoms with Crippen LogP contribution in [0.15, 0.2) is 18.3 Å². The average molecular weight is 592 g/mol. The minimum Gasteiger partial charge on any atom is -0.453 e. The van der Waals surface area contributed by atoms with E-state index in [0.29, 0.717) is 47.0 Å². The SMILES string of the molecule is COC(=O)N[C@H]1CCC(c2cc(C#N)cc(Nc3nc(NC4CC4)c4ncc(C#N)n4n3)c2Cl)CC1N[C@@H](C)C(N)=O. The number of imidazole rings is 1. The van der Waals surface area contributed by atoms with Crippen molar-refractivity contribution in [1.82, 2.24) is 30.2 Å². The van der Waals surface area contributed by atoms with Gasteiger partial charge in [-0.1, -0.05) is 11.6 Å². The predicted molar refractivity (Wildman–Crippen MR) is 153 cm³/mol. The van der Waals surface area contributed by atoms with Crippen LogP contribution in [0.3, 0.4) is 0 Å². The number of benzene rings is 1. The normalized spacial score (nSPS) is 20.6. The molecular weight excluding hydrogens is 562 g/mol. The van der Waals surface area contributed by atoms with Gasteiger partial charge in [-0.05, 0) is 62.6 Å². The number of alkyl carbamates (subject to hydrolysis) is 1. The van der Waals surface area contributed by atoms with Gasteiger partial charge >= 0.3 is 6.09 Å². The number of methoxy groups -OCH3 is 1. The molecule has 2 aliphatic rings. The lowest BCUT2D eigenvalue weighted by molar-refractivity contribution is -0.119. The van der Waals surface area contributed by atoms with Gasteiger partial charge in [0.1, 0.15) is 6.07 Å². The summed E-state index contributed by atoms with van der Waals surface area (Å²) in [6, 6.07) is 6.63. The van der Waals surface area contributed by atoms with Crippen molar-refractivity contribution in [1.29, 1.82) is 10.5 Å². The summed E-state index contributed by atoms with van der Waals surface area (Å²) < 4.78 is 6.19. The molecule has 15 heteroatoms. The number of nitrogens with two attached hydrogens (primary N) is 1. The standard InChI is InChI=1S/C27H30ClN11O3/c1-13(23(31)40)33-20-9-15(3-6-19(20)36-27(41)42-2)18-7-14(10-29)8-21(22(18)28)35-26-37-24(34-16-4-5-16)25-32-12-17(11-30)39(25)38-26/h7-8,12-13,15-16,19-20,33H,3-6,9H2,1-2H3,(H2,31,40)(H,36,41)(H2,34,35,37,38)/t13-,15?,19-,20?/m0/s1. The van der Waals surface area contributed by atoms with Crippen LogP contribution in [-0.4, -0.2) is 62.9 Å². The summed E-state index contributed by atoms with van der Waals surface area (Å²) in [6.45, 7) is 1.66. The molecule has 0 saturated heterocycles. The van der Waals surface area contributed by atoms with E-state index in [-0.39, 0.29) is 35.7 Å². The van der Waals surface area contributed by atoms with Crippen LogP contribution >= 0.6 is 11.6 Å². The molecule has 42 heavy (non-hydrogen) atoms. The summed E-state index contributed by atoms with van der Waals surface area (Å²) in [5.41, 5.74) is 7.70. The van der Waals surface area contributed by atoms with Crippen LogP contribution in [0.5, 0.6) is 0 Å². The molecule has 0 bridgehead atoms. The van der Waals surface area contributed by atoms with Gasteiger partial charge in [0.15, 0.2) is 17.2 Å². The van der Waals surface area contributed by atoms with Crippen LogP contribution < -0.4 is 27.0 Å². The molecule has 1 aromatic carbocycles. The first-order valence-electron chi connectivity index (χ1n) is 13.5. The topological polar surface area (TPSA) is 208 Å². The largest absolute Gasteiger partial charge is 0.453 e. The number of nitriles is 2. The number of aromatic nitrogens is 4. The Balaban J connectivity index is 1.47.